The first-order valence-electron chi connectivity index (χ1n) is 14.7. The fraction of sp³-hybridized carbons (Fsp3) is 0.967. The van der Waals surface area contributed by atoms with E-state index < -0.39 is 0 Å². The van der Waals surface area contributed by atoms with Crippen LogP contribution in [0.25, 0.3) is 0 Å². The zero-order valence-electron chi connectivity index (χ0n) is 24.6. The molecule has 0 aromatic heterocycles. The molecular formula is C30H63N2OP. The average Bonchev–Trinajstić information content (AvgIpc) is 2.76. The maximum absolute atomic E-state index is 13.7. The molecule has 0 spiro atoms. The molecule has 204 valence electrons. The Morgan fingerprint density at radius 1 is 0.706 bits per heavy atom. The van der Waals surface area contributed by atoms with E-state index in [2.05, 4.69) is 75.2 Å². The lowest BCUT2D eigenvalue weighted by atomic mass is 9.74. The van der Waals surface area contributed by atoms with Gasteiger partial charge in [-0.3, -0.25) is 9.88 Å². The first kappa shape index (κ1) is 33.9. The lowest BCUT2D eigenvalue weighted by Gasteiger charge is -2.41. The van der Waals surface area contributed by atoms with Crippen molar-refractivity contribution in [3.8, 4) is 0 Å². The van der Waals surface area contributed by atoms with Gasteiger partial charge in [0.15, 0.2) is 0 Å². The lowest BCUT2D eigenvalue weighted by molar-refractivity contribution is -0.133. The summed E-state index contributed by atoms with van der Waals surface area (Å²) in [6.45, 7) is 18.0. The molecule has 34 heavy (non-hydrogen) atoms. The molecule has 2 N–H and O–H groups in total. The summed E-state index contributed by atoms with van der Waals surface area (Å²) >= 11 is 0. The van der Waals surface area contributed by atoms with Gasteiger partial charge in [-0.15, -0.1) is 0 Å². The summed E-state index contributed by atoms with van der Waals surface area (Å²) in [5, 5.41) is 6.82. The van der Waals surface area contributed by atoms with Crippen molar-refractivity contribution >= 4 is 15.3 Å². The smallest absolute Gasteiger partial charge is 0.226 e. The van der Waals surface area contributed by atoms with Crippen molar-refractivity contribution in [2.24, 2.45) is 10.8 Å². The van der Waals surface area contributed by atoms with Crippen molar-refractivity contribution in [1.29, 1.82) is 0 Å². The molecule has 0 aliphatic carbocycles. The van der Waals surface area contributed by atoms with Gasteiger partial charge in [0, 0.05) is 17.0 Å². The van der Waals surface area contributed by atoms with Gasteiger partial charge < -0.3 is 5.32 Å². The summed E-state index contributed by atoms with van der Waals surface area (Å²) < 4.78 is 0. The Balaban J connectivity index is 4.96. The highest BCUT2D eigenvalue weighted by Gasteiger charge is 2.38. The van der Waals surface area contributed by atoms with Crippen LogP contribution in [0.15, 0.2) is 0 Å². The van der Waals surface area contributed by atoms with E-state index in [-0.39, 0.29) is 22.3 Å². The van der Waals surface area contributed by atoms with Gasteiger partial charge in [0.05, 0.1) is 0 Å². The Bertz CT molecular complexity index is 500. The van der Waals surface area contributed by atoms with Crippen LogP contribution in [0.1, 0.15) is 165 Å². The molecule has 2 atom stereocenters. The van der Waals surface area contributed by atoms with E-state index in [0.29, 0.717) is 6.04 Å². The van der Waals surface area contributed by atoms with E-state index in [4.69, 9.17) is 0 Å². The van der Waals surface area contributed by atoms with Gasteiger partial charge >= 0.3 is 0 Å². The molecule has 0 rings (SSSR count). The Hall–Kier alpha value is -0.140. The van der Waals surface area contributed by atoms with E-state index >= 15 is 0 Å². The van der Waals surface area contributed by atoms with Gasteiger partial charge in [0.2, 0.25) is 5.91 Å². The molecule has 0 radical (unpaired) electrons. The predicted molar refractivity (Wildman–Crippen MR) is 156 cm³/mol. The maximum Gasteiger partial charge on any atom is 0.226 e. The third-order valence-electron chi connectivity index (χ3n) is 7.98. The summed E-state index contributed by atoms with van der Waals surface area (Å²) in [7, 11) is 2.64. The quantitative estimate of drug-likeness (QED) is 0.115. The van der Waals surface area contributed by atoms with Gasteiger partial charge in [-0.25, -0.2) is 0 Å². The fourth-order valence-electron chi connectivity index (χ4n) is 5.32. The van der Waals surface area contributed by atoms with Crippen molar-refractivity contribution in [1.82, 2.24) is 10.4 Å². The molecule has 0 bridgehead atoms. The van der Waals surface area contributed by atoms with Crippen molar-refractivity contribution in [3.63, 3.8) is 0 Å². The van der Waals surface area contributed by atoms with E-state index in [9.17, 15) is 4.79 Å². The molecule has 0 aliphatic rings. The highest BCUT2D eigenvalue weighted by Crippen LogP contribution is 2.35. The predicted octanol–water partition coefficient (Wildman–Crippen LogP) is 9.35. The molecular weight excluding hydrogens is 435 g/mol. The highest BCUT2D eigenvalue weighted by molar-refractivity contribution is 7.13. The molecule has 0 heterocycles. The van der Waals surface area contributed by atoms with E-state index in [1.165, 1.54) is 89.9 Å². The molecule has 3 nitrogen and oxygen atoms in total. The molecule has 0 fully saturated rings. The fourth-order valence-corrected chi connectivity index (χ4v) is 5.77. The second kappa shape index (κ2) is 18.2. The van der Waals surface area contributed by atoms with Crippen LogP contribution in [0.3, 0.4) is 0 Å². The number of unbranched alkanes of at least 4 members (excludes halogenated alkanes) is 12. The molecule has 0 aliphatic heterocycles. The Labute approximate surface area is 217 Å². The summed E-state index contributed by atoms with van der Waals surface area (Å²) in [6.07, 6.45) is 21.2. The Morgan fingerprint density at radius 2 is 1.09 bits per heavy atom. The van der Waals surface area contributed by atoms with Crippen molar-refractivity contribution in [3.05, 3.63) is 0 Å². The summed E-state index contributed by atoms with van der Waals surface area (Å²) in [6, 6.07) is 0.362. The molecule has 0 aromatic rings. The lowest BCUT2D eigenvalue weighted by Crippen LogP contribution is -2.53. The monoisotopic (exact) mass is 498 g/mol. The van der Waals surface area contributed by atoms with Crippen LogP contribution in [0.4, 0.5) is 0 Å². The standard InChI is InChI=1S/C30H63N2OP/c1-9-11-13-15-17-19-21-23-30(8,24-22-20-18-16-14-12-10-2)27(33)31-29(6,7)25-28(4,5)26(3)32-34/h26,32H,9-25,34H2,1-8H3,(H,31,33). The normalized spacial score (nSPS) is 13.8. The van der Waals surface area contributed by atoms with Gasteiger partial charge in [0.1, 0.15) is 0 Å². The van der Waals surface area contributed by atoms with Crippen molar-refractivity contribution in [2.75, 3.05) is 0 Å². The minimum absolute atomic E-state index is 0.0892. The summed E-state index contributed by atoms with van der Waals surface area (Å²) in [5.41, 5.74) is -0.386. The second-order valence-electron chi connectivity index (χ2n) is 12.7. The third kappa shape index (κ3) is 15.1. The Morgan fingerprint density at radius 3 is 1.47 bits per heavy atom. The van der Waals surface area contributed by atoms with Gasteiger partial charge in [-0.1, -0.05) is 134 Å². The summed E-state index contributed by atoms with van der Waals surface area (Å²) in [4.78, 5) is 13.7. The first-order valence-corrected chi connectivity index (χ1v) is 15.3. The van der Waals surface area contributed by atoms with E-state index in [1.807, 2.05) is 0 Å². The number of carbonyl (C=O) groups is 1. The largest absolute Gasteiger partial charge is 0.351 e. The summed E-state index contributed by atoms with van der Waals surface area (Å²) in [5.74, 6) is 0.275. The van der Waals surface area contributed by atoms with Gasteiger partial charge in [0.25, 0.3) is 0 Å². The number of hydrogen-bond donors (Lipinski definition) is 2. The molecule has 0 saturated carbocycles. The molecule has 0 saturated heterocycles. The number of rotatable bonds is 22. The maximum atomic E-state index is 13.7. The van der Waals surface area contributed by atoms with Crippen LogP contribution in [0.2, 0.25) is 0 Å². The minimum Gasteiger partial charge on any atom is -0.351 e. The van der Waals surface area contributed by atoms with Crippen LogP contribution in [-0.4, -0.2) is 17.5 Å². The van der Waals surface area contributed by atoms with Crippen LogP contribution in [-0.2, 0) is 4.79 Å². The topological polar surface area (TPSA) is 41.1 Å². The minimum atomic E-state index is -0.251. The van der Waals surface area contributed by atoms with Crippen LogP contribution in [0.5, 0.6) is 0 Å². The van der Waals surface area contributed by atoms with Crippen molar-refractivity contribution in [2.45, 2.75) is 176 Å². The molecule has 1 amide bonds. The van der Waals surface area contributed by atoms with Crippen LogP contribution in [0, 0.1) is 10.8 Å². The van der Waals surface area contributed by atoms with E-state index in [1.54, 1.807) is 0 Å². The molecule has 4 heteroatoms. The zero-order chi connectivity index (χ0) is 26.1. The number of hydrogen-bond acceptors (Lipinski definition) is 2. The number of nitrogens with one attached hydrogen (secondary N) is 2. The van der Waals surface area contributed by atoms with E-state index in [0.717, 1.165) is 19.3 Å². The number of carbonyl (C=O) groups excluding carboxylic acids is 1. The van der Waals surface area contributed by atoms with Crippen molar-refractivity contribution < 1.29 is 4.79 Å². The average molecular weight is 499 g/mol. The second-order valence-corrected chi connectivity index (χ2v) is 13.0. The third-order valence-corrected chi connectivity index (χ3v) is 8.48. The first-order chi connectivity index (χ1) is 15.9. The van der Waals surface area contributed by atoms with Crippen LogP contribution >= 0.6 is 9.39 Å². The van der Waals surface area contributed by atoms with Crippen LogP contribution < -0.4 is 10.4 Å². The zero-order valence-corrected chi connectivity index (χ0v) is 25.7. The highest BCUT2D eigenvalue weighted by atomic mass is 31.0. The SMILES string of the molecule is CCCCCCCCCC(C)(CCCCCCCCC)C(=O)NC(C)(C)CC(C)(C)C(C)NP. The Kier molecular flexibility index (Phi) is 18.1. The van der Waals surface area contributed by atoms with Gasteiger partial charge in [-0.2, -0.15) is 0 Å². The van der Waals surface area contributed by atoms with Gasteiger partial charge in [-0.05, 0) is 45.4 Å². The molecule has 0 aromatic carbocycles. The molecule has 2 unspecified atom stereocenters. The number of amides is 1.